The number of nitrogens with zero attached hydrogens (tertiary/aromatic N) is 3. The topological polar surface area (TPSA) is 55.9 Å². The maximum Gasteiger partial charge on any atom is 0.230 e. The molecule has 3 aliphatic rings. The molecule has 3 fully saturated rings. The lowest BCUT2D eigenvalue weighted by Crippen LogP contribution is -2.49. The molecule has 1 spiro atoms. The highest BCUT2D eigenvalue weighted by atomic mass is 16.2. The van der Waals surface area contributed by atoms with Crippen molar-refractivity contribution in [2.75, 3.05) is 59.4 Å². The highest BCUT2D eigenvalue weighted by molar-refractivity contribution is 5.86. The molecule has 0 aromatic heterocycles. The van der Waals surface area contributed by atoms with Gasteiger partial charge in [-0.3, -0.25) is 9.59 Å². The standard InChI is InChI=1S/C16H28N4O2/c1-18-8-2-4-16(15(18)22)5-10-20(13-16)14(21)3-9-19-11-6-17-7-12-19/h17H,2-13H2,1H3. The Labute approximate surface area is 132 Å². The smallest absolute Gasteiger partial charge is 0.230 e. The van der Waals surface area contributed by atoms with Gasteiger partial charge < -0.3 is 20.0 Å². The van der Waals surface area contributed by atoms with E-state index in [1.165, 1.54) is 0 Å². The van der Waals surface area contributed by atoms with Gasteiger partial charge >= 0.3 is 0 Å². The Balaban J connectivity index is 1.51. The van der Waals surface area contributed by atoms with Crippen molar-refractivity contribution in [2.45, 2.75) is 25.7 Å². The number of carbonyl (C=O) groups is 2. The normalized spacial score (nSPS) is 30.3. The van der Waals surface area contributed by atoms with E-state index in [0.29, 0.717) is 13.0 Å². The summed E-state index contributed by atoms with van der Waals surface area (Å²) < 4.78 is 0. The minimum absolute atomic E-state index is 0.219. The largest absolute Gasteiger partial charge is 0.345 e. The summed E-state index contributed by atoms with van der Waals surface area (Å²) in [5.74, 6) is 0.465. The van der Waals surface area contributed by atoms with Gasteiger partial charge in [0.15, 0.2) is 0 Å². The van der Waals surface area contributed by atoms with Gasteiger partial charge in [0.05, 0.1) is 5.41 Å². The van der Waals surface area contributed by atoms with Crippen LogP contribution in [0.25, 0.3) is 0 Å². The Kier molecular flexibility index (Phi) is 4.68. The van der Waals surface area contributed by atoms with Crippen molar-refractivity contribution in [1.29, 1.82) is 0 Å². The van der Waals surface area contributed by atoms with Crippen LogP contribution in [0.1, 0.15) is 25.7 Å². The van der Waals surface area contributed by atoms with Crippen LogP contribution in [-0.4, -0.2) is 85.9 Å². The fourth-order valence-electron chi connectivity index (χ4n) is 4.08. The van der Waals surface area contributed by atoms with Gasteiger partial charge in [0, 0.05) is 65.8 Å². The minimum Gasteiger partial charge on any atom is -0.345 e. The van der Waals surface area contributed by atoms with Crippen molar-refractivity contribution >= 4 is 11.8 Å². The molecule has 124 valence electrons. The second kappa shape index (κ2) is 6.54. The SMILES string of the molecule is CN1CCCC2(CCN(C(=O)CCN3CCNCC3)C2)C1=O. The van der Waals surface area contributed by atoms with Gasteiger partial charge in [-0.2, -0.15) is 0 Å². The predicted molar refractivity (Wildman–Crippen MR) is 84.4 cm³/mol. The van der Waals surface area contributed by atoms with Gasteiger partial charge in [-0.1, -0.05) is 0 Å². The number of piperazine rings is 1. The van der Waals surface area contributed by atoms with Gasteiger partial charge in [-0.15, -0.1) is 0 Å². The molecule has 1 atom stereocenters. The van der Waals surface area contributed by atoms with E-state index in [-0.39, 0.29) is 17.2 Å². The van der Waals surface area contributed by atoms with Crippen LogP contribution in [-0.2, 0) is 9.59 Å². The molecule has 0 bridgehead atoms. The fourth-order valence-corrected chi connectivity index (χ4v) is 4.08. The zero-order valence-corrected chi connectivity index (χ0v) is 13.6. The maximum atomic E-state index is 12.5. The molecule has 0 radical (unpaired) electrons. The summed E-state index contributed by atoms with van der Waals surface area (Å²) in [6.45, 7) is 7.18. The lowest BCUT2D eigenvalue weighted by atomic mass is 9.78. The summed E-state index contributed by atoms with van der Waals surface area (Å²) in [6.07, 6.45) is 3.43. The first-order chi connectivity index (χ1) is 10.6. The van der Waals surface area contributed by atoms with Crippen LogP contribution in [0.3, 0.4) is 0 Å². The lowest BCUT2D eigenvalue weighted by Gasteiger charge is -2.37. The highest BCUT2D eigenvalue weighted by Crippen LogP contribution is 2.39. The van der Waals surface area contributed by atoms with Gasteiger partial charge in [-0.05, 0) is 19.3 Å². The van der Waals surface area contributed by atoms with Crippen LogP contribution in [0.4, 0.5) is 0 Å². The first-order valence-electron chi connectivity index (χ1n) is 8.57. The van der Waals surface area contributed by atoms with E-state index in [0.717, 1.165) is 65.1 Å². The summed E-state index contributed by atoms with van der Waals surface area (Å²) in [7, 11) is 1.89. The molecule has 0 saturated carbocycles. The van der Waals surface area contributed by atoms with E-state index in [1.807, 2.05) is 16.8 Å². The quantitative estimate of drug-likeness (QED) is 0.781. The van der Waals surface area contributed by atoms with Gasteiger partial charge in [0.2, 0.25) is 11.8 Å². The van der Waals surface area contributed by atoms with Crippen LogP contribution >= 0.6 is 0 Å². The van der Waals surface area contributed by atoms with E-state index in [2.05, 4.69) is 10.2 Å². The number of hydrogen-bond acceptors (Lipinski definition) is 4. The van der Waals surface area contributed by atoms with Gasteiger partial charge in [-0.25, -0.2) is 0 Å². The molecular weight excluding hydrogens is 280 g/mol. The van der Waals surface area contributed by atoms with Crippen molar-refractivity contribution in [3.8, 4) is 0 Å². The Hall–Kier alpha value is -1.14. The van der Waals surface area contributed by atoms with Crippen molar-refractivity contribution in [2.24, 2.45) is 5.41 Å². The van der Waals surface area contributed by atoms with Gasteiger partial charge in [0.25, 0.3) is 0 Å². The highest BCUT2D eigenvalue weighted by Gasteiger charge is 2.48. The molecule has 3 saturated heterocycles. The van der Waals surface area contributed by atoms with E-state index >= 15 is 0 Å². The molecule has 6 nitrogen and oxygen atoms in total. The molecule has 0 aromatic carbocycles. The Morgan fingerprint density at radius 3 is 2.73 bits per heavy atom. The number of likely N-dealkylation sites (tertiary alicyclic amines) is 2. The Morgan fingerprint density at radius 1 is 1.18 bits per heavy atom. The third-order valence-corrected chi connectivity index (χ3v) is 5.51. The molecule has 3 aliphatic heterocycles. The average Bonchev–Trinajstić information content (AvgIpc) is 2.97. The van der Waals surface area contributed by atoms with Crippen molar-refractivity contribution in [3.05, 3.63) is 0 Å². The molecule has 2 amide bonds. The molecule has 6 heteroatoms. The molecule has 22 heavy (non-hydrogen) atoms. The Morgan fingerprint density at radius 2 is 1.95 bits per heavy atom. The number of carbonyl (C=O) groups excluding carboxylic acids is 2. The maximum absolute atomic E-state index is 12.5. The Bertz CT molecular complexity index is 436. The summed E-state index contributed by atoms with van der Waals surface area (Å²) in [5, 5.41) is 3.33. The van der Waals surface area contributed by atoms with E-state index in [4.69, 9.17) is 0 Å². The van der Waals surface area contributed by atoms with Crippen molar-refractivity contribution in [1.82, 2.24) is 20.0 Å². The molecular formula is C16H28N4O2. The van der Waals surface area contributed by atoms with Crippen molar-refractivity contribution in [3.63, 3.8) is 0 Å². The number of piperidine rings is 1. The van der Waals surface area contributed by atoms with Crippen molar-refractivity contribution < 1.29 is 9.59 Å². The monoisotopic (exact) mass is 308 g/mol. The summed E-state index contributed by atoms with van der Waals surface area (Å²) in [6, 6.07) is 0. The minimum atomic E-state index is -0.280. The average molecular weight is 308 g/mol. The van der Waals surface area contributed by atoms with Crippen LogP contribution < -0.4 is 5.32 Å². The molecule has 3 rings (SSSR count). The molecule has 0 aliphatic carbocycles. The first-order valence-corrected chi connectivity index (χ1v) is 8.57. The zero-order valence-electron chi connectivity index (χ0n) is 13.6. The third-order valence-electron chi connectivity index (χ3n) is 5.51. The second-order valence-corrected chi connectivity index (χ2v) is 7.02. The van der Waals surface area contributed by atoms with E-state index in [9.17, 15) is 9.59 Å². The molecule has 1 unspecified atom stereocenters. The van der Waals surface area contributed by atoms with Crippen LogP contribution in [0, 0.1) is 5.41 Å². The zero-order chi connectivity index (χ0) is 15.6. The first kappa shape index (κ1) is 15.7. The number of nitrogens with one attached hydrogen (secondary N) is 1. The third kappa shape index (κ3) is 3.13. The van der Waals surface area contributed by atoms with Crippen LogP contribution in [0.15, 0.2) is 0 Å². The summed E-state index contributed by atoms with van der Waals surface area (Å²) in [4.78, 5) is 31.1. The van der Waals surface area contributed by atoms with Gasteiger partial charge in [0.1, 0.15) is 0 Å². The van der Waals surface area contributed by atoms with Crippen LogP contribution in [0.5, 0.6) is 0 Å². The summed E-state index contributed by atoms with van der Waals surface area (Å²) >= 11 is 0. The molecule has 3 heterocycles. The summed E-state index contributed by atoms with van der Waals surface area (Å²) in [5.41, 5.74) is -0.280. The number of amides is 2. The second-order valence-electron chi connectivity index (χ2n) is 7.02. The van der Waals surface area contributed by atoms with E-state index < -0.39 is 0 Å². The lowest BCUT2D eigenvalue weighted by molar-refractivity contribution is -0.144. The predicted octanol–water partition coefficient (Wildman–Crippen LogP) is -0.247. The fraction of sp³-hybridized carbons (Fsp3) is 0.875. The van der Waals surface area contributed by atoms with Crippen LogP contribution in [0.2, 0.25) is 0 Å². The molecule has 1 N–H and O–H groups in total. The molecule has 0 aromatic rings. The number of rotatable bonds is 3. The van der Waals surface area contributed by atoms with E-state index in [1.54, 1.807) is 0 Å². The number of hydrogen-bond donors (Lipinski definition) is 1.